The number of carbonyl (C=O) groups is 1. The molecule has 0 radical (unpaired) electrons. The molecule has 3 heteroatoms. The van der Waals surface area contributed by atoms with Crippen molar-refractivity contribution in [1.29, 1.82) is 0 Å². The van der Waals surface area contributed by atoms with Gasteiger partial charge in [-0.2, -0.15) is 0 Å². The molecule has 1 aliphatic heterocycles. The minimum Gasteiger partial charge on any atom is -0.468 e. The smallest absolute Gasteiger partial charge is 0.325 e. The Bertz CT molecular complexity index is 377. The molecule has 1 N–H and O–H groups in total. The van der Waals surface area contributed by atoms with Gasteiger partial charge in [0.15, 0.2) is 0 Å². The molecule has 0 saturated carbocycles. The summed E-state index contributed by atoms with van der Waals surface area (Å²) in [6, 6.07) is 10.3. The number of ether oxygens (including phenoxy) is 1. The zero-order valence-corrected chi connectivity index (χ0v) is 9.69. The summed E-state index contributed by atoms with van der Waals surface area (Å²) in [5.41, 5.74) is 0.748. The summed E-state index contributed by atoms with van der Waals surface area (Å²) in [6.45, 7) is 2.73. The van der Waals surface area contributed by atoms with Crippen LogP contribution in [0.4, 0.5) is 0 Å². The molecule has 86 valence electrons. The molecule has 1 saturated heterocycles. The molecular formula is C13H17NO2. The summed E-state index contributed by atoms with van der Waals surface area (Å²) in [7, 11) is 1.44. The third-order valence-corrected chi connectivity index (χ3v) is 3.30. The maximum absolute atomic E-state index is 11.6. The van der Waals surface area contributed by atoms with Gasteiger partial charge in [0.05, 0.1) is 7.11 Å². The molecule has 0 aromatic heterocycles. The molecule has 1 aromatic rings. The second-order valence-corrected chi connectivity index (χ2v) is 4.52. The summed E-state index contributed by atoms with van der Waals surface area (Å²) in [4.78, 5) is 11.6. The van der Waals surface area contributed by atoms with Gasteiger partial charge in [-0.3, -0.25) is 4.79 Å². The van der Waals surface area contributed by atoms with Gasteiger partial charge in [0.2, 0.25) is 0 Å². The van der Waals surface area contributed by atoms with E-state index in [0.717, 1.165) is 13.0 Å². The Morgan fingerprint density at radius 1 is 1.44 bits per heavy atom. The van der Waals surface area contributed by atoms with Crippen molar-refractivity contribution in [2.75, 3.05) is 13.7 Å². The van der Waals surface area contributed by atoms with Gasteiger partial charge in [0.1, 0.15) is 5.54 Å². The standard InChI is InChI=1S/C13H17NO2/c1-13(12(15)16-2)8-11(9-14-13)10-6-4-3-5-7-10/h3-7,11,14H,8-9H2,1-2H3/t11?,13-/m0/s1. The Hall–Kier alpha value is -1.35. The predicted octanol–water partition coefficient (Wildman–Crippen LogP) is 1.70. The molecule has 1 heterocycles. The highest BCUT2D eigenvalue weighted by Crippen LogP contribution is 2.32. The van der Waals surface area contributed by atoms with Gasteiger partial charge in [-0.25, -0.2) is 0 Å². The Labute approximate surface area is 95.8 Å². The molecule has 0 spiro atoms. The van der Waals surface area contributed by atoms with Crippen LogP contribution in [0.3, 0.4) is 0 Å². The van der Waals surface area contributed by atoms with Crippen LogP contribution in [-0.4, -0.2) is 25.2 Å². The van der Waals surface area contributed by atoms with Gasteiger partial charge >= 0.3 is 5.97 Å². The summed E-state index contributed by atoms with van der Waals surface area (Å²) >= 11 is 0. The minimum absolute atomic E-state index is 0.175. The maximum Gasteiger partial charge on any atom is 0.325 e. The first-order valence-corrected chi connectivity index (χ1v) is 5.54. The topological polar surface area (TPSA) is 38.3 Å². The number of esters is 1. The van der Waals surface area contributed by atoms with Gasteiger partial charge in [0, 0.05) is 6.54 Å². The second kappa shape index (κ2) is 4.26. The van der Waals surface area contributed by atoms with Gasteiger partial charge in [-0.1, -0.05) is 30.3 Å². The highest BCUT2D eigenvalue weighted by Gasteiger charge is 2.42. The first kappa shape index (κ1) is 11.1. The second-order valence-electron chi connectivity index (χ2n) is 4.52. The lowest BCUT2D eigenvalue weighted by atomic mass is 9.90. The molecule has 0 aliphatic carbocycles. The van der Waals surface area contributed by atoms with E-state index in [0.29, 0.717) is 5.92 Å². The molecule has 0 bridgehead atoms. The molecule has 1 aliphatic rings. The summed E-state index contributed by atoms with van der Waals surface area (Å²) < 4.78 is 4.82. The number of hydrogen-bond acceptors (Lipinski definition) is 3. The van der Waals surface area contributed by atoms with E-state index in [2.05, 4.69) is 17.4 Å². The van der Waals surface area contributed by atoms with Crippen molar-refractivity contribution in [3.63, 3.8) is 0 Å². The Morgan fingerprint density at radius 3 is 2.75 bits per heavy atom. The fourth-order valence-electron chi connectivity index (χ4n) is 2.33. The van der Waals surface area contributed by atoms with Crippen LogP contribution >= 0.6 is 0 Å². The minimum atomic E-state index is -0.532. The van der Waals surface area contributed by atoms with Crippen molar-refractivity contribution in [1.82, 2.24) is 5.32 Å². The first-order chi connectivity index (χ1) is 7.65. The van der Waals surface area contributed by atoms with E-state index >= 15 is 0 Å². The molecule has 2 atom stereocenters. The fraction of sp³-hybridized carbons (Fsp3) is 0.462. The summed E-state index contributed by atoms with van der Waals surface area (Å²) in [6.07, 6.45) is 0.795. The number of hydrogen-bond donors (Lipinski definition) is 1. The van der Waals surface area contributed by atoms with E-state index in [4.69, 9.17) is 4.74 Å². The maximum atomic E-state index is 11.6. The van der Waals surface area contributed by atoms with Crippen LogP contribution < -0.4 is 5.32 Å². The molecule has 2 rings (SSSR count). The van der Waals surface area contributed by atoms with Crippen LogP contribution in [0.5, 0.6) is 0 Å². The SMILES string of the molecule is COC(=O)[C@]1(C)CC(c2ccccc2)CN1. The van der Waals surface area contributed by atoms with Crippen molar-refractivity contribution >= 4 is 5.97 Å². The van der Waals surface area contributed by atoms with Gasteiger partial charge in [0.25, 0.3) is 0 Å². The van der Waals surface area contributed by atoms with Gasteiger partial charge in [-0.15, -0.1) is 0 Å². The zero-order valence-electron chi connectivity index (χ0n) is 9.69. The lowest BCUT2D eigenvalue weighted by molar-refractivity contribution is -0.147. The Kier molecular flexibility index (Phi) is 2.97. The van der Waals surface area contributed by atoms with Crippen molar-refractivity contribution in [3.05, 3.63) is 35.9 Å². The Balaban J connectivity index is 2.12. The van der Waals surface area contributed by atoms with E-state index in [9.17, 15) is 4.79 Å². The number of nitrogens with one attached hydrogen (secondary N) is 1. The molecule has 16 heavy (non-hydrogen) atoms. The monoisotopic (exact) mass is 219 g/mol. The molecule has 1 fully saturated rings. The largest absolute Gasteiger partial charge is 0.468 e. The van der Waals surface area contributed by atoms with Crippen molar-refractivity contribution in [3.8, 4) is 0 Å². The van der Waals surface area contributed by atoms with E-state index in [1.807, 2.05) is 25.1 Å². The zero-order chi connectivity index (χ0) is 11.6. The summed E-state index contributed by atoms with van der Waals surface area (Å²) in [5, 5.41) is 3.26. The summed E-state index contributed by atoms with van der Waals surface area (Å²) in [5.74, 6) is 0.219. The molecule has 3 nitrogen and oxygen atoms in total. The highest BCUT2D eigenvalue weighted by molar-refractivity contribution is 5.80. The lowest BCUT2D eigenvalue weighted by Gasteiger charge is -2.20. The molecular weight excluding hydrogens is 202 g/mol. The van der Waals surface area contributed by atoms with Crippen LogP contribution in [0.2, 0.25) is 0 Å². The fourth-order valence-corrected chi connectivity index (χ4v) is 2.33. The van der Waals surface area contributed by atoms with E-state index in [1.54, 1.807) is 0 Å². The van der Waals surface area contributed by atoms with Crippen LogP contribution in [-0.2, 0) is 9.53 Å². The van der Waals surface area contributed by atoms with E-state index < -0.39 is 5.54 Å². The average molecular weight is 219 g/mol. The van der Waals surface area contributed by atoms with E-state index in [-0.39, 0.29) is 5.97 Å². The normalized spacial score (nSPS) is 29.0. The average Bonchev–Trinajstić information content (AvgIpc) is 2.73. The highest BCUT2D eigenvalue weighted by atomic mass is 16.5. The van der Waals surface area contributed by atoms with Crippen molar-refractivity contribution in [2.24, 2.45) is 0 Å². The first-order valence-electron chi connectivity index (χ1n) is 5.54. The van der Waals surface area contributed by atoms with Crippen LogP contribution in [0.25, 0.3) is 0 Å². The third kappa shape index (κ3) is 1.95. The van der Waals surface area contributed by atoms with Gasteiger partial charge in [-0.05, 0) is 24.8 Å². The van der Waals surface area contributed by atoms with Crippen LogP contribution in [0, 0.1) is 0 Å². The number of benzene rings is 1. The van der Waals surface area contributed by atoms with Gasteiger partial charge < -0.3 is 10.1 Å². The number of methoxy groups -OCH3 is 1. The number of carbonyl (C=O) groups excluding carboxylic acids is 1. The Morgan fingerprint density at radius 2 is 2.12 bits per heavy atom. The molecule has 1 aromatic carbocycles. The molecule has 1 unspecified atom stereocenters. The van der Waals surface area contributed by atoms with Crippen molar-refractivity contribution < 1.29 is 9.53 Å². The lowest BCUT2D eigenvalue weighted by Crippen LogP contribution is -2.45. The molecule has 0 amide bonds. The van der Waals surface area contributed by atoms with E-state index in [1.165, 1.54) is 12.7 Å². The third-order valence-electron chi connectivity index (χ3n) is 3.30. The quantitative estimate of drug-likeness (QED) is 0.769. The predicted molar refractivity (Wildman–Crippen MR) is 62.2 cm³/mol. The van der Waals surface area contributed by atoms with Crippen LogP contribution in [0.15, 0.2) is 30.3 Å². The number of rotatable bonds is 2. The van der Waals surface area contributed by atoms with Crippen LogP contribution in [0.1, 0.15) is 24.8 Å². The van der Waals surface area contributed by atoms with Crippen molar-refractivity contribution in [2.45, 2.75) is 24.8 Å².